The molecule has 0 radical (unpaired) electrons. The van der Waals surface area contributed by atoms with Crippen molar-refractivity contribution in [3.05, 3.63) is 53.1 Å². The average Bonchev–Trinajstić information content (AvgIpc) is 2.82. The highest BCUT2D eigenvalue weighted by Crippen LogP contribution is 2.19. The smallest absolute Gasteiger partial charge is 0.126 e. The predicted molar refractivity (Wildman–Crippen MR) is 83.7 cm³/mol. The Morgan fingerprint density at radius 3 is 2.57 bits per heavy atom. The lowest BCUT2D eigenvalue weighted by Gasteiger charge is -2.25. The van der Waals surface area contributed by atoms with Crippen molar-refractivity contribution in [1.82, 2.24) is 9.78 Å². The van der Waals surface area contributed by atoms with E-state index in [4.69, 9.17) is 5.73 Å². The van der Waals surface area contributed by atoms with Gasteiger partial charge in [0, 0.05) is 24.2 Å². The standard InChI is InChI=1S/C17H24FN3/c1-4-14-10-15(21(5-2)20-14)12-17(3,19)11-13-8-6-7-9-16(13)18/h6-10H,4-5,11-12,19H2,1-3H3. The molecular formula is C17H24FN3. The predicted octanol–water partition coefficient (Wildman–Crippen LogP) is 3.11. The topological polar surface area (TPSA) is 43.8 Å². The summed E-state index contributed by atoms with van der Waals surface area (Å²) in [6, 6.07) is 8.94. The van der Waals surface area contributed by atoms with E-state index in [0.29, 0.717) is 18.4 Å². The summed E-state index contributed by atoms with van der Waals surface area (Å²) in [4.78, 5) is 0. The molecule has 0 saturated carbocycles. The Bertz CT molecular complexity index is 602. The number of hydrogen-bond acceptors (Lipinski definition) is 2. The highest BCUT2D eigenvalue weighted by atomic mass is 19.1. The summed E-state index contributed by atoms with van der Waals surface area (Å²) in [7, 11) is 0. The molecule has 0 spiro atoms. The number of hydrogen-bond donors (Lipinski definition) is 1. The lowest BCUT2D eigenvalue weighted by atomic mass is 9.89. The van der Waals surface area contributed by atoms with Gasteiger partial charge < -0.3 is 5.73 Å². The molecule has 21 heavy (non-hydrogen) atoms. The van der Waals surface area contributed by atoms with Gasteiger partial charge in [-0.25, -0.2) is 4.39 Å². The van der Waals surface area contributed by atoms with Gasteiger partial charge in [0.2, 0.25) is 0 Å². The first-order valence-electron chi connectivity index (χ1n) is 7.53. The van der Waals surface area contributed by atoms with Gasteiger partial charge in [0.05, 0.1) is 5.69 Å². The van der Waals surface area contributed by atoms with Gasteiger partial charge in [-0.15, -0.1) is 0 Å². The molecule has 1 unspecified atom stereocenters. The highest BCUT2D eigenvalue weighted by molar-refractivity contribution is 5.21. The van der Waals surface area contributed by atoms with Crippen LogP contribution in [0, 0.1) is 5.82 Å². The van der Waals surface area contributed by atoms with Crippen LogP contribution in [0.15, 0.2) is 30.3 Å². The number of halogens is 1. The van der Waals surface area contributed by atoms with Gasteiger partial charge in [0.1, 0.15) is 5.82 Å². The molecule has 1 aromatic carbocycles. The van der Waals surface area contributed by atoms with Crippen LogP contribution in [0.1, 0.15) is 37.7 Å². The van der Waals surface area contributed by atoms with Crippen LogP contribution in [0.4, 0.5) is 4.39 Å². The minimum Gasteiger partial charge on any atom is -0.325 e. The van der Waals surface area contributed by atoms with Gasteiger partial charge in [-0.1, -0.05) is 25.1 Å². The molecule has 0 aliphatic rings. The van der Waals surface area contributed by atoms with Gasteiger partial charge in [-0.05, 0) is 44.4 Å². The zero-order valence-electron chi connectivity index (χ0n) is 13.1. The normalized spacial score (nSPS) is 14.1. The first kappa shape index (κ1) is 15.7. The lowest BCUT2D eigenvalue weighted by molar-refractivity contribution is 0.433. The van der Waals surface area contributed by atoms with Gasteiger partial charge >= 0.3 is 0 Å². The number of aryl methyl sites for hydroxylation is 2. The number of aromatic nitrogens is 2. The molecule has 0 amide bonds. The van der Waals surface area contributed by atoms with Gasteiger partial charge in [0.15, 0.2) is 0 Å². The zero-order chi connectivity index (χ0) is 15.5. The Labute approximate surface area is 126 Å². The third-order valence-corrected chi connectivity index (χ3v) is 3.71. The summed E-state index contributed by atoms with van der Waals surface area (Å²) in [5, 5.41) is 4.54. The number of rotatable bonds is 6. The van der Waals surface area contributed by atoms with Crippen molar-refractivity contribution in [1.29, 1.82) is 0 Å². The summed E-state index contributed by atoms with van der Waals surface area (Å²) in [6.07, 6.45) is 2.10. The summed E-state index contributed by atoms with van der Waals surface area (Å²) < 4.78 is 15.8. The molecule has 2 rings (SSSR count). The Balaban J connectivity index is 2.17. The van der Waals surface area contributed by atoms with Crippen LogP contribution in [0.3, 0.4) is 0 Å². The summed E-state index contributed by atoms with van der Waals surface area (Å²) in [5.74, 6) is -0.188. The minimum absolute atomic E-state index is 0.188. The largest absolute Gasteiger partial charge is 0.325 e. The summed E-state index contributed by atoms with van der Waals surface area (Å²) >= 11 is 0. The maximum Gasteiger partial charge on any atom is 0.126 e. The fourth-order valence-electron chi connectivity index (χ4n) is 2.66. The van der Waals surface area contributed by atoms with Crippen molar-refractivity contribution < 1.29 is 4.39 Å². The summed E-state index contributed by atoms with van der Waals surface area (Å²) in [5.41, 5.74) is 8.78. The quantitative estimate of drug-likeness (QED) is 0.888. The van der Waals surface area contributed by atoms with Crippen molar-refractivity contribution in [2.75, 3.05) is 0 Å². The van der Waals surface area contributed by atoms with E-state index in [9.17, 15) is 4.39 Å². The van der Waals surface area contributed by atoms with E-state index in [1.165, 1.54) is 6.07 Å². The van der Waals surface area contributed by atoms with Crippen LogP contribution >= 0.6 is 0 Å². The molecule has 0 fully saturated rings. The number of benzene rings is 1. The number of nitrogens with two attached hydrogens (primary N) is 1. The Kier molecular flexibility index (Phi) is 4.78. The molecule has 2 N–H and O–H groups in total. The molecule has 2 aromatic rings. The van der Waals surface area contributed by atoms with Crippen molar-refractivity contribution in [2.24, 2.45) is 5.73 Å². The third kappa shape index (κ3) is 3.91. The van der Waals surface area contributed by atoms with E-state index in [1.807, 2.05) is 17.7 Å². The Morgan fingerprint density at radius 2 is 1.95 bits per heavy atom. The fourth-order valence-corrected chi connectivity index (χ4v) is 2.66. The molecule has 1 aromatic heterocycles. The maximum atomic E-state index is 13.8. The molecular weight excluding hydrogens is 265 g/mol. The van der Waals surface area contributed by atoms with E-state index in [-0.39, 0.29) is 5.82 Å². The van der Waals surface area contributed by atoms with Crippen LogP contribution in [0.25, 0.3) is 0 Å². The lowest BCUT2D eigenvalue weighted by Crippen LogP contribution is -2.41. The van der Waals surface area contributed by atoms with Crippen molar-refractivity contribution in [3.8, 4) is 0 Å². The minimum atomic E-state index is -0.500. The van der Waals surface area contributed by atoms with Crippen LogP contribution in [-0.2, 0) is 25.8 Å². The van der Waals surface area contributed by atoms with Crippen LogP contribution in [0.5, 0.6) is 0 Å². The van der Waals surface area contributed by atoms with E-state index < -0.39 is 5.54 Å². The van der Waals surface area contributed by atoms with Crippen LogP contribution < -0.4 is 5.73 Å². The van der Waals surface area contributed by atoms with Crippen LogP contribution in [-0.4, -0.2) is 15.3 Å². The molecule has 0 saturated heterocycles. The highest BCUT2D eigenvalue weighted by Gasteiger charge is 2.23. The molecule has 1 atom stereocenters. The Hall–Kier alpha value is -1.68. The van der Waals surface area contributed by atoms with Crippen LogP contribution in [0.2, 0.25) is 0 Å². The molecule has 0 aliphatic carbocycles. The number of nitrogens with zero attached hydrogens (tertiary/aromatic N) is 2. The first-order valence-corrected chi connectivity index (χ1v) is 7.53. The maximum absolute atomic E-state index is 13.8. The Morgan fingerprint density at radius 1 is 1.24 bits per heavy atom. The second-order valence-corrected chi connectivity index (χ2v) is 5.90. The second-order valence-electron chi connectivity index (χ2n) is 5.90. The second kappa shape index (κ2) is 6.39. The third-order valence-electron chi connectivity index (χ3n) is 3.71. The van der Waals surface area contributed by atoms with Crippen molar-refractivity contribution >= 4 is 0 Å². The fraction of sp³-hybridized carbons (Fsp3) is 0.471. The monoisotopic (exact) mass is 289 g/mol. The van der Waals surface area contributed by atoms with E-state index in [2.05, 4.69) is 25.0 Å². The molecule has 4 heteroatoms. The van der Waals surface area contributed by atoms with Crippen molar-refractivity contribution in [3.63, 3.8) is 0 Å². The molecule has 114 valence electrons. The molecule has 1 heterocycles. The average molecular weight is 289 g/mol. The zero-order valence-corrected chi connectivity index (χ0v) is 13.1. The molecule has 3 nitrogen and oxygen atoms in total. The first-order chi connectivity index (χ1) is 9.95. The molecule has 0 bridgehead atoms. The van der Waals surface area contributed by atoms with E-state index in [0.717, 1.165) is 24.4 Å². The molecule has 0 aliphatic heterocycles. The van der Waals surface area contributed by atoms with Gasteiger partial charge in [-0.3, -0.25) is 4.68 Å². The van der Waals surface area contributed by atoms with E-state index in [1.54, 1.807) is 12.1 Å². The van der Waals surface area contributed by atoms with Gasteiger partial charge in [0.25, 0.3) is 0 Å². The van der Waals surface area contributed by atoms with E-state index >= 15 is 0 Å². The SMILES string of the molecule is CCc1cc(CC(C)(N)Cc2ccccc2F)n(CC)n1. The van der Waals surface area contributed by atoms with Crippen molar-refractivity contribution in [2.45, 2.75) is 52.1 Å². The van der Waals surface area contributed by atoms with Gasteiger partial charge in [-0.2, -0.15) is 5.10 Å². The summed E-state index contributed by atoms with van der Waals surface area (Å²) in [6.45, 7) is 6.96.